The first-order chi connectivity index (χ1) is 10.8. The van der Waals surface area contributed by atoms with Gasteiger partial charge in [-0.15, -0.1) is 11.3 Å². The van der Waals surface area contributed by atoms with Crippen LogP contribution in [0.5, 0.6) is 0 Å². The normalized spacial score (nSPS) is 18.7. The number of amides is 1. The second-order valence-electron chi connectivity index (χ2n) is 5.54. The highest BCUT2D eigenvalue weighted by atomic mass is 32.1. The molecule has 1 atom stereocenters. The monoisotopic (exact) mass is 344 g/mol. The van der Waals surface area contributed by atoms with Crippen molar-refractivity contribution in [2.75, 3.05) is 6.54 Å². The SMILES string of the molecule is Cc1nn(C)cc1C1CCCN1C(=O)c1csc(C(F)(F)F)n1. The summed E-state index contributed by atoms with van der Waals surface area (Å²) in [6.07, 6.45) is -1.09. The molecule has 2 aromatic heterocycles. The van der Waals surface area contributed by atoms with Gasteiger partial charge in [0.05, 0.1) is 11.7 Å². The van der Waals surface area contributed by atoms with Gasteiger partial charge < -0.3 is 4.90 Å². The van der Waals surface area contributed by atoms with Gasteiger partial charge >= 0.3 is 6.18 Å². The Kier molecular flexibility index (Phi) is 3.91. The second-order valence-corrected chi connectivity index (χ2v) is 6.39. The summed E-state index contributed by atoms with van der Waals surface area (Å²) >= 11 is 0.448. The van der Waals surface area contributed by atoms with Crippen LogP contribution >= 0.6 is 11.3 Å². The molecule has 1 amide bonds. The number of nitrogens with zero attached hydrogens (tertiary/aromatic N) is 4. The predicted octanol–water partition coefficient (Wildman–Crippen LogP) is 3.18. The number of likely N-dealkylation sites (tertiary alicyclic amines) is 1. The molecule has 5 nitrogen and oxygen atoms in total. The average molecular weight is 344 g/mol. The fraction of sp³-hybridized carbons (Fsp3) is 0.500. The average Bonchev–Trinajstić information content (AvgIpc) is 3.15. The van der Waals surface area contributed by atoms with Gasteiger partial charge in [0.1, 0.15) is 5.69 Å². The lowest BCUT2D eigenvalue weighted by molar-refractivity contribution is -0.137. The maximum atomic E-state index is 12.7. The van der Waals surface area contributed by atoms with Gasteiger partial charge in [-0.1, -0.05) is 0 Å². The highest BCUT2D eigenvalue weighted by molar-refractivity contribution is 7.09. The Morgan fingerprint density at radius 3 is 2.74 bits per heavy atom. The van der Waals surface area contributed by atoms with Crippen LogP contribution < -0.4 is 0 Å². The van der Waals surface area contributed by atoms with Crippen molar-refractivity contribution in [3.8, 4) is 0 Å². The molecule has 3 rings (SSSR count). The van der Waals surface area contributed by atoms with Crippen molar-refractivity contribution in [3.05, 3.63) is 33.5 Å². The fourth-order valence-electron chi connectivity index (χ4n) is 2.93. The number of halogens is 3. The van der Waals surface area contributed by atoms with E-state index in [1.54, 1.807) is 16.6 Å². The molecular weight excluding hydrogens is 329 g/mol. The van der Waals surface area contributed by atoms with E-state index in [-0.39, 0.29) is 11.7 Å². The predicted molar refractivity (Wildman–Crippen MR) is 78.1 cm³/mol. The molecule has 1 saturated heterocycles. The van der Waals surface area contributed by atoms with Gasteiger partial charge in [-0.3, -0.25) is 9.48 Å². The summed E-state index contributed by atoms with van der Waals surface area (Å²) in [5.74, 6) is -0.456. The van der Waals surface area contributed by atoms with Crippen LogP contribution in [0.25, 0.3) is 0 Å². The van der Waals surface area contributed by atoms with Crippen LogP contribution in [-0.2, 0) is 13.2 Å². The van der Waals surface area contributed by atoms with E-state index >= 15 is 0 Å². The lowest BCUT2D eigenvalue weighted by Crippen LogP contribution is -2.31. The summed E-state index contributed by atoms with van der Waals surface area (Å²) in [5.41, 5.74) is 1.62. The Morgan fingerprint density at radius 2 is 2.17 bits per heavy atom. The number of thiazole rings is 1. The molecule has 124 valence electrons. The number of hydrogen-bond acceptors (Lipinski definition) is 4. The molecule has 1 aliphatic rings. The molecule has 1 aliphatic heterocycles. The topological polar surface area (TPSA) is 51.0 Å². The number of alkyl halides is 3. The van der Waals surface area contributed by atoms with Crippen LogP contribution in [0.1, 0.15) is 45.6 Å². The molecule has 0 aliphatic carbocycles. The van der Waals surface area contributed by atoms with E-state index < -0.39 is 17.1 Å². The number of rotatable bonds is 2. The minimum absolute atomic E-state index is 0.143. The molecule has 9 heteroatoms. The van der Waals surface area contributed by atoms with Crippen molar-refractivity contribution < 1.29 is 18.0 Å². The molecule has 2 aromatic rings. The Labute approximate surface area is 134 Å². The van der Waals surface area contributed by atoms with Gasteiger partial charge in [0.2, 0.25) is 0 Å². The molecule has 0 N–H and O–H groups in total. The van der Waals surface area contributed by atoms with Gasteiger partial charge in [0.25, 0.3) is 5.91 Å². The van der Waals surface area contributed by atoms with Crippen LogP contribution in [0, 0.1) is 6.92 Å². The van der Waals surface area contributed by atoms with Crippen molar-refractivity contribution >= 4 is 17.2 Å². The maximum Gasteiger partial charge on any atom is 0.443 e. The maximum absolute atomic E-state index is 12.7. The Hall–Kier alpha value is -1.90. The third kappa shape index (κ3) is 2.97. The molecular formula is C14H15F3N4OS. The Morgan fingerprint density at radius 1 is 1.43 bits per heavy atom. The zero-order valence-corrected chi connectivity index (χ0v) is 13.4. The van der Waals surface area contributed by atoms with Gasteiger partial charge in [-0.25, -0.2) is 4.98 Å². The van der Waals surface area contributed by atoms with Crippen molar-refractivity contribution in [3.63, 3.8) is 0 Å². The van der Waals surface area contributed by atoms with E-state index in [0.717, 1.165) is 24.1 Å². The molecule has 0 bridgehead atoms. The lowest BCUT2D eigenvalue weighted by Gasteiger charge is -2.23. The largest absolute Gasteiger partial charge is 0.443 e. The van der Waals surface area contributed by atoms with Crippen LogP contribution in [0.3, 0.4) is 0 Å². The lowest BCUT2D eigenvalue weighted by atomic mass is 10.1. The molecule has 3 heterocycles. The van der Waals surface area contributed by atoms with Crippen LogP contribution in [0.4, 0.5) is 13.2 Å². The number of carbonyl (C=O) groups excluding carboxylic acids is 1. The summed E-state index contributed by atoms with van der Waals surface area (Å²) in [6.45, 7) is 2.37. The third-order valence-corrected chi connectivity index (χ3v) is 4.78. The summed E-state index contributed by atoms with van der Waals surface area (Å²) in [4.78, 5) is 17.6. The van der Waals surface area contributed by atoms with Gasteiger partial charge in [0, 0.05) is 30.7 Å². The quantitative estimate of drug-likeness (QED) is 0.841. The van der Waals surface area contributed by atoms with E-state index in [0.29, 0.717) is 17.9 Å². The number of aryl methyl sites for hydroxylation is 2. The second kappa shape index (κ2) is 5.63. The number of aromatic nitrogens is 3. The van der Waals surface area contributed by atoms with E-state index in [9.17, 15) is 18.0 Å². The fourth-order valence-corrected chi connectivity index (χ4v) is 3.59. The first-order valence-corrected chi connectivity index (χ1v) is 7.99. The summed E-state index contributed by atoms with van der Waals surface area (Å²) in [5, 5.41) is 4.46. The van der Waals surface area contributed by atoms with Crippen LogP contribution in [-0.4, -0.2) is 32.1 Å². The molecule has 1 unspecified atom stereocenters. The van der Waals surface area contributed by atoms with Gasteiger partial charge in [0.15, 0.2) is 5.01 Å². The minimum Gasteiger partial charge on any atom is -0.330 e. The molecule has 0 saturated carbocycles. The van der Waals surface area contributed by atoms with Crippen molar-refractivity contribution in [1.82, 2.24) is 19.7 Å². The molecule has 1 fully saturated rings. The smallest absolute Gasteiger partial charge is 0.330 e. The van der Waals surface area contributed by atoms with E-state index in [2.05, 4.69) is 10.1 Å². The van der Waals surface area contributed by atoms with Crippen molar-refractivity contribution in [1.29, 1.82) is 0 Å². The Balaban J connectivity index is 1.86. The van der Waals surface area contributed by atoms with Gasteiger partial charge in [-0.05, 0) is 19.8 Å². The first-order valence-electron chi connectivity index (χ1n) is 7.11. The highest BCUT2D eigenvalue weighted by Gasteiger charge is 2.37. The first kappa shape index (κ1) is 16.0. The number of hydrogen-bond donors (Lipinski definition) is 0. The van der Waals surface area contributed by atoms with Crippen LogP contribution in [0.15, 0.2) is 11.6 Å². The Bertz CT molecular complexity index is 737. The zero-order chi connectivity index (χ0) is 16.8. The van der Waals surface area contributed by atoms with Crippen LogP contribution in [0.2, 0.25) is 0 Å². The number of carbonyl (C=O) groups is 1. The summed E-state index contributed by atoms with van der Waals surface area (Å²) in [7, 11) is 1.80. The highest BCUT2D eigenvalue weighted by Crippen LogP contribution is 2.36. The van der Waals surface area contributed by atoms with E-state index in [4.69, 9.17) is 0 Å². The summed E-state index contributed by atoms with van der Waals surface area (Å²) < 4.78 is 39.6. The molecule has 0 spiro atoms. The van der Waals surface area contributed by atoms with Crippen molar-refractivity contribution in [2.24, 2.45) is 7.05 Å². The van der Waals surface area contributed by atoms with E-state index in [1.165, 1.54) is 5.38 Å². The molecule has 0 radical (unpaired) electrons. The molecule has 23 heavy (non-hydrogen) atoms. The van der Waals surface area contributed by atoms with Crippen molar-refractivity contribution in [2.45, 2.75) is 32.0 Å². The zero-order valence-electron chi connectivity index (χ0n) is 12.6. The summed E-state index contributed by atoms with van der Waals surface area (Å²) in [6, 6.07) is -0.160. The third-order valence-electron chi connectivity index (χ3n) is 3.89. The molecule has 0 aromatic carbocycles. The standard InChI is InChI=1S/C14H15F3N4OS/c1-8-9(6-20(2)19-8)11-4-3-5-21(11)12(22)10-7-23-13(18-10)14(15,16)17/h6-7,11H,3-5H2,1-2H3. The van der Waals surface area contributed by atoms with E-state index in [1.807, 2.05) is 13.1 Å². The van der Waals surface area contributed by atoms with Gasteiger partial charge in [-0.2, -0.15) is 18.3 Å². The minimum atomic E-state index is -4.52.